The van der Waals surface area contributed by atoms with Crippen LogP contribution in [0, 0.1) is 0 Å². The van der Waals surface area contributed by atoms with Crippen LogP contribution in [0.1, 0.15) is 6.92 Å². The number of hydrogen-bond acceptors (Lipinski definition) is 7. The minimum atomic E-state index is -3.18. The summed E-state index contributed by atoms with van der Waals surface area (Å²) in [6, 6.07) is 8.44. The van der Waals surface area contributed by atoms with Gasteiger partial charge in [-0.2, -0.15) is 4.98 Å². The molecule has 1 heterocycles. The second-order valence-corrected chi connectivity index (χ2v) is 7.44. The maximum atomic E-state index is 11.4. The van der Waals surface area contributed by atoms with Crippen molar-refractivity contribution in [3.63, 3.8) is 0 Å². The van der Waals surface area contributed by atoms with Crippen LogP contribution in [0.5, 0.6) is 0 Å². The molecule has 1 aromatic heterocycles. The molecule has 3 N–H and O–H groups in total. The molecule has 21 heavy (non-hydrogen) atoms. The molecule has 0 spiro atoms. The van der Waals surface area contributed by atoms with E-state index in [1.165, 1.54) is 18.0 Å². The zero-order chi connectivity index (χ0) is 15.5. The second-order valence-electron chi connectivity index (χ2n) is 4.33. The first-order valence-electron chi connectivity index (χ1n) is 6.25. The summed E-state index contributed by atoms with van der Waals surface area (Å²) in [5.41, 5.74) is 5.67. The molecule has 0 radical (unpaired) electrons. The van der Waals surface area contributed by atoms with Crippen molar-refractivity contribution in [3.8, 4) is 0 Å². The summed E-state index contributed by atoms with van der Waals surface area (Å²) in [5.74, 6) is 0.865. The third kappa shape index (κ3) is 4.33. The van der Waals surface area contributed by atoms with Crippen molar-refractivity contribution in [3.05, 3.63) is 30.3 Å². The van der Waals surface area contributed by atoms with Crippen LogP contribution in [-0.2, 0) is 9.84 Å². The predicted molar refractivity (Wildman–Crippen MR) is 84.3 cm³/mol. The van der Waals surface area contributed by atoms with Gasteiger partial charge in [0.1, 0.15) is 10.8 Å². The molecule has 0 amide bonds. The van der Waals surface area contributed by atoms with Gasteiger partial charge < -0.3 is 11.1 Å². The van der Waals surface area contributed by atoms with Gasteiger partial charge in [0.05, 0.1) is 4.90 Å². The highest BCUT2D eigenvalue weighted by Gasteiger charge is 2.08. The zero-order valence-electron chi connectivity index (χ0n) is 11.7. The quantitative estimate of drug-likeness (QED) is 0.812. The Morgan fingerprint density at radius 3 is 2.48 bits per heavy atom. The van der Waals surface area contributed by atoms with E-state index in [0.717, 1.165) is 11.4 Å². The molecule has 112 valence electrons. The van der Waals surface area contributed by atoms with Crippen LogP contribution in [0.15, 0.2) is 45.1 Å². The van der Waals surface area contributed by atoms with Crippen LogP contribution >= 0.6 is 11.8 Å². The molecule has 0 fully saturated rings. The molecule has 0 unspecified atom stereocenters. The fourth-order valence-electron chi connectivity index (χ4n) is 1.64. The van der Waals surface area contributed by atoms with E-state index in [1.807, 2.05) is 6.92 Å². The van der Waals surface area contributed by atoms with Crippen molar-refractivity contribution in [2.24, 2.45) is 0 Å². The number of nitrogens with two attached hydrogens (primary N) is 1. The summed E-state index contributed by atoms with van der Waals surface area (Å²) >= 11 is 1.40. The normalized spacial score (nSPS) is 11.3. The average molecular weight is 324 g/mol. The highest BCUT2D eigenvalue weighted by Crippen LogP contribution is 2.28. The third-order valence-corrected chi connectivity index (χ3v) is 4.61. The molecule has 0 saturated heterocycles. The van der Waals surface area contributed by atoms with Crippen LogP contribution in [0.25, 0.3) is 0 Å². The Bertz CT molecular complexity index is 730. The highest BCUT2D eigenvalue weighted by molar-refractivity contribution is 7.99. The zero-order valence-corrected chi connectivity index (χ0v) is 13.3. The maximum absolute atomic E-state index is 11.4. The van der Waals surface area contributed by atoms with E-state index < -0.39 is 9.84 Å². The minimum Gasteiger partial charge on any atom is -0.370 e. The number of benzene rings is 1. The molecule has 2 rings (SSSR count). The largest absolute Gasteiger partial charge is 0.370 e. The number of aromatic nitrogens is 2. The standard InChI is InChI=1S/C13H16N4O2S2/c1-3-15-11-8-12(17-13(14)16-11)20-9-4-6-10(7-5-9)21(2,18)19/h4-8H,3H2,1-2H3,(H3,14,15,16,17). The summed E-state index contributed by atoms with van der Waals surface area (Å²) in [4.78, 5) is 9.40. The first kappa shape index (κ1) is 15.6. The maximum Gasteiger partial charge on any atom is 0.223 e. The summed E-state index contributed by atoms with van der Waals surface area (Å²) in [7, 11) is -3.18. The van der Waals surface area contributed by atoms with Crippen LogP contribution in [-0.4, -0.2) is 31.2 Å². The monoisotopic (exact) mass is 324 g/mol. The van der Waals surface area contributed by atoms with Crippen LogP contribution in [0.3, 0.4) is 0 Å². The van der Waals surface area contributed by atoms with E-state index in [-0.39, 0.29) is 5.95 Å². The summed E-state index contributed by atoms with van der Waals surface area (Å²) < 4.78 is 22.8. The molecule has 8 heteroatoms. The van der Waals surface area contributed by atoms with Crippen LogP contribution in [0.2, 0.25) is 0 Å². The Labute approximate surface area is 128 Å². The van der Waals surface area contributed by atoms with Gasteiger partial charge in [-0.15, -0.1) is 0 Å². The predicted octanol–water partition coefficient (Wildman–Crippen LogP) is 2.05. The molecule has 0 aliphatic heterocycles. The molecular weight excluding hydrogens is 308 g/mol. The SMILES string of the molecule is CCNc1cc(Sc2ccc(S(C)(=O)=O)cc2)nc(N)n1. The summed E-state index contributed by atoms with van der Waals surface area (Å²) in [6.45, 7) is 2.71. The lowest BCUT2D eigenvalue weighted by Gasteiger charge is -2.06. The van der Waals surface area contributed by atoms with Gasteiger partial charge in [0, 0.05) is 23.8 Å². The van der Waals surface area contributed by atoms with Crippen molar-refractivity contribution >= 4 is 33.4 Å². The lowest BCUT2D eigenvalue weighted by atomic mass is 10.4. The van der Waals surface area contributed by atoms with Gasteiger partial charge in [-0.1, -0.05) is 11.8 Å². The Hall–Kier alpha value is -1.80. The highest BCUT2D eigenvalue weighted by atomic mass is 32.2. The Balaban J connectivity index is 2.22. The Morgan fingerprint density at radius 1 is 1.24 bits per heavy atom. The number of anilines is 2. The molecule has 0 atom stereocenters. The van der Waals surface area contributed by atoms with E-state index in [9.17, 15) is 8.42 Å². The van der Waals surface area contributed by atoms with Gasteiger partial charge in [0.25, 0.3) is 0 Å². The van der Waals surface area contributed by atoms with E-state index in [1.54, 1.807) is 30.3 Å². The minimum absolute atomic E-state index is 0.198. The molecule has 0 aliphatic rings. The van der Waals surface area contributed by atoms with Gasteiger partial charge in [0.2, 0.25) is 5.95 Å². The van der Waals surface area contributed by atoms with Crippen LogP contribution < -0.4 is 11.1 Å². The molecule has 6 nitrogen and oxygen atoms in total. The lowest BCUT2D eigenvalue weighted by molar-refractivity contribution is 0.602. The Kier molecular flexibility index (Phi) is 4.69. The fourth-order valence-corrected chi connectivity index (χ4v) is 3.10. The Morgan fingerprint density at radius 2 is 1.90 bits per heavy atom. The number of sulfone groups is 1. The number of nitrogen functional groups attached to an aromatic ring is 1. The van der Waals surface area contributed by atoms with Crippen molar-refractivity contribution in [1.29, 1.82) is 0 Å². The van der Waals surface area contributed by atoms with Crippen LogP contribution in [0.4, 0.5) is 11.8 Å². The summed E-state index contributed by atoms with van der Waals surface area (Å²) in [5, 5.41) is 3.78. The second kappa shape index (κ2) is 6.31. The fraction of sp³-hybridized carbons (Fsp3) is 0.231. The molecule has 1 aromatic carbocycles. The number of hydrogen-bond donors (Lipinski definition) is 2. The van der Waals surface area contributed by atoms with E-state index in [2.05, 4.69) is 15.3 Å². The topological polar surface area (TPSA) is 98.0 Å². The molecule has 0 bridgehead atoms. The first-order valence-corrected chi connectivity index (χ1v) is 8.95. The lowest BCUT2D eigenvalue weighted by Crippen LogP contribution is -2.03. The van der Waals surface area contributed by atoms with Crippen molar-refractivity contribution in [1.82, 2.24) is 9.97 Å². The van der Waals surface area contributed by atoms with E-state index >= 15 is 0 Å². The number of rotatable bonds is 5. The number of nitrogens with zero attached hydrogens (tertiary/aromatic N) is 2. The van der Waals surface area contributed by atoms with Gasteiger partial charge in [-0.05, 0) is 31.2 Å². The number of nitrogens with one attached hydrogen (secondary N) is 1. The smallest absolute Gasteiger partial charge is 0.223 e. The van der Waals surface area contributed by atoms with Gasteiger partial charge in [-0.3, -0.25) is 0 Å². The van der Waals surface area contributed by atoms with Crippen molar-refractivity contribution in [2.45, 2.75) is 21.7 Å². The van der Waals surface area contributed by atoms with Gasteiger partial charge in [-0.25, -0.2) is 13.4 Å². The van der Waals surface area contributed by atoms with E-state index in [4.69, 9.17) is 5.73 Å². The molecular formula is C13H16N4O2S2. The average Bonchev–Trinajstić information content (AvgIpc) is 2.38. The third-order valence-electron chi connectivity index (χ3n) is 2.55. The van der Waals surface area contributed by atoms with E-state index in [0.29, 0.717) is 15.7 Å². The summed E-state index contributed by atoms with van der Waals surface area (Å²) in [6.07, 6.45) is 1.18. The molecule has 0 saturated carbocycles. The van der Waals surface area contributed by atoms with Gasteiger partial charge in [0.15, 0.2) is 9.84 Å². The van der Waals surface area contributed by atoms with Gasteiger partial charge >= 0.3 is 0 Å². The molecule has 0 aliphatic carbocycles. The first-order chi connectivity index (χ1) is 9.88. The van der Waals surface area contributed by atoms with Crippen molar-refractivity contribution in [2.75, 3.05) is 23.9 Å². The van der Waals surface area contributed by atoms with Crippen molar-refractivity contribution < 1.29 is 8.42 Å². The molecule has 2 aromatic rings.